The minimum Gasteiger partial charge on any atom is -0.389 e. The fourth-order valence-electron chi connectivity index (χ4n) is 0.803. The molecule has 0 saturated carbocycles. The Morgan fingerprint density at radius 3 is 2.93 bits per heavy atom. The summed E-state index contributed by atoms with van der Waals surface area (Å²) in [5.74, 6) is 0.611. The number of halogens is 1. The molecule has 0 radical (unpaired) electrons. The smallest absolute Gasteiger partial charge is 0.115 e. The second kappa shape index (κ2) is 5.01. The highest BCUT2D eigenvalue weighted by atomic mass is 35.5. The number of hydrogen-bond donors (Lipinski definition) is 1. The highest BCUT2D eigenvalue weighted by molar-refractivity contribution is 7.99. The Hall–Kier alpha value is -0.250. The maximum Gasteiger partial charge on any atom is 0.115 e. The van der Waals surface area contributed by atoms with E-state index in [1.54, 1.807) is 18.3 Å². The first-order chi connectivity index (χ1) is 6.55. The van der Waals surface area contributed by atoms with E-state index in [1.165, 1.54) is 11.8 Å². The van der Waals surface area contributed by atoms with Crippen molar-refractivity contribution in [3.8, 4) is 0 Å². The number of rotatable bonds is 4. The number of pyridine rings is 1. The van der Waals surface area contributed by atoms with Crippen LogP contribution in [0.3, 0.4) is 0 Å². The Bertz CT molecular complexity index is 304. The van der Waals surface area contributed by atoms with Crippen molar-refractivity contribution in [2.24, 2.45) is 0 Å². The lowest BCUT2D eigenvalue weighted by Crippen LogP contribution is -2.25. The zero-order valence-corrected chi connectivity index (χ0v) is 9.90. The highest BCUT2D eigenvalue weighted by Crippen LogP contribution is 2.27. The molecule has 1 aromatic rings. The first-order valence-corrected chi connectivity index (χ1v) is 5.87. The van der Waals surface area contributed by atoms with Crippen molar-refractivity contribution >= 4 is 23.4 Å². The third-order valence-corrected chi connectivity index (χ3v) is 3.79. The normalized spacial score (nSPS) is 15.1. The quantitative estimate of drug-likeness (QED) is 0.809. The summed E-state index contributed by atoms with van der Waals surface area (Å²) in [5, 5.41) is 11.2. The molecule has 1 aromatic heterocycles. The number of aromatic nitrogens is 1. The minimum atomic E-state index is -0.647. The molecular weight excluding hydrogens is 218 g/mol. The molecule has 14 heavy (non-hydrogen) atoms. The van der Waals surface area contributed by atoms with Crippen LogP contribution in [0.5, 0.6) is 0 Å². The molecule has 0 aliphatic rings. The van der Waals surface area contributed by atoms with Gasteiger partial charge in [-0.3, -0.25) is 0 Å². The van der Waals surface area contributed by atoms with Gasteiger partial charge in [0.1, 0.15) is 5.03 Å². The van der Waals surface area contributed by atoms with E-state index in [0.717, 1.165) is 11.4 Å². The Balaban J connectivity index is 2.58. The Kier molecular flexibility index (Phi) is 4.23. The van der Waals surface area contributed by atoms with Crippen LogP contribution in [0.2, 0.25) is 5.02 Å². The summed E-state index contributed by atoms with van der Waals surface area (Å²) in [6.45, 7) is 3.78. The van der Waals surface area contributed by atoms with Gasteiger partial charge in [-0.1, -0.05) is 18.5 Å². The summed E-state index contributed by atoms with van der Waals surface area (Å²) < 4.78 is 0. The number of nitrogens with zero attached hydrogens (tertiary/aromatic N) is 1. The summed E-state index contributed by atoms with van der Waals surface area (Å²) in [5.41, 5.74) is -0.647. The third kappa shape index (κ3) is 3.48. The zero-order valence-electron chi connectivity index (χ0n) is 8.33. The number of aliphatic hydroxyl groups is 1. The van der Waals surface area contributed by atoms with E-state index in [4.69, 9.17) is 11.6 Å². The molecule has 1 unspecified atom stereocenters. The lowest BCUT2D eigenvalue weighted by atomic mass is 10.1. The fraction of sp³-hybridized carbons (Fsp3) is 0.500. The average Bonchev–Trinajstić information content (AvgIpc) is 2.17. The van der Waals surface area contributed by atoms with Gasteiger partial charge in [0.25, 0.3) is 0 Å². The van der Waals surface area contributed by atoms with Crippen molar-refractivity contribution in [2.45, 2.75) is 30.9 Å². The molecule has 0 aliphatic heterocycles. The summed E-state index contributed by atoms with van der Waals surface area (Å²) in [7, 11) is 0. The van der Waals surface area contributed by atoms with E-state index in [-0.39, 0.29) is 0 Å². The lowest BCUT2D eigenvalue weighted by molar-refractivity contribution is 0.0815. The molecule has 1 heterocycles. The van der Waals surface area contributed by atoms with E-state index in [1.807, 2.05) is 13.8 Å². The van der Waals surface area contributed by atoms with Gasteiger partial charge in [0, 0.05) is 11.9 Å². The largest absolute Gasteiger partial charge is 0.389 e. The first-order valence-electron chi connectivity index (χ1n) is 4.51. The first kappa shape index (κ1) is 11.8. The van der Waals surface area contributed by atoms with Crippen molar-refractivity contribution < 1.29 is 5.11 Å². The van der Waals surface area contributed by atoms with Gasteiger partial charge in [0.15, 0.2) is 0 Å². The predicted octanol–water partition coefficient (Wildman–Crippen LogP) is 2.99. The van der Waals surface area contributed by atoms with E-state index < -0.39 is 5.60 Å². The second-order valence-corrected chi connectivity index (χ2v) is 4.80. The van der Waals surface area contributed by atoms with E-state index >= 15 is 0 Å². The molecule has 4 heteroatoms. The summed E-state index contributed by atoms with van der Waals surface area (Å²) >= 11 is 7.42. The van der Waals surface area contributed by atoms with Crippen LogP contribution in [0.25, 0.3) is 0 Å². The highest BCUT2D eigenvalue weighted by Gasteiger charge is 2.18. The van der Waals surface area contributed by atoms with Gasteiger partial charge in [-0.05, 0) is 25.5 Å². The van der Waals surface area contributed by atoms with Crippen molar-refractivity contribution in [1.29, 1.82) is 0 Å². The molecule has 78 valence electrons. The zero-order chi connectivity index (χ0) is 10.6. The van der Waals surface area contributed by atoms with Crippen molar-refractivity contribution in [3.63, 3.8) is 0 Å². The maximum atomic E-state index is 9.78. The van der Waals surface area contributed by atoms with Crippen molar-refractivity contribution in [2.75, 3.05) is 5.75 Å². The SMILES string of the molecule is CCC(C)(O)CSc1ncccc1Cl. The van der Waals surface area contributed by atoms with Crippen molar-refractivity contribution in [1.82, 2.24) is 4.98 Å². The van der Waals surface area contributed by atoms with Crippen LogP contribution in [0.4, 0.5) is 0 Å². The lowest BCUT2D eigenvalue weighted by Gasteiger charge is -2.20. The third-order valence-electron chi connectivity index (χ3n) is 2.01. The predicted molar refractivity (Wildman–Crippen MR) is 60.9 cm³/mol. The van der Waals surface area contributed by atoms with Gasteiger partial charge in [-0.15, -0.1) is 11.8 Å². The molecule has 0 aromatic carbocycles. The van der Waals surface area contributed by atoms with E-state index in [9.17, 15) is 5.11 Å². The summed E-state index contributed by atoms with van der Waals surface area (Å²) in [6, 6.07) is 3.60. The van der Waals surface area contributed by atoms with Gasteiger partial charge >= 0.3 is 0 Å². The van der Waals surface area contributed by atoms with Crippen LogP contribution >= 0.6 is 23.4 Å². The molecule has 0 fully saturated rings. The van der Waals surface area contributed by atoms with Crippen LogP contribution in [0, 0.1) is 0 Å². The van der Waals surface area contributed by atoms with Crippen molar-refractivity contribution in [3.05, 3.63) is 23.4 Å². The molecule has 0 saturated heterocycles. The second-order valence-electron chi connectivity index (χ2n) is 3.43. The van der Waals surface area contributed by atoms with E-state index in [0.29, 0.717) is 10.8 Å². The van der Waals surface area contributed by atoms with Gasteiger partial charge in [-0.2, -0.15) is 0 Å². The fourth-order valence-corrected chi connectivity index (χ4v) is 2.08. The molecular formula is C10H14ClNOS. The molecule has 2 nitrogen and oxygen atoms in total. The molecule has 1 atom stereocenters. The number of thioether (sulfide) groups is 1. The standard InChI is InChI=1S/C10H14ClNOS/c1-3-10(2,13)7-14-9-8(11)5-4-6-12-9/h4-6,13H,3,7H2,1-2H3. The maximum absolute atomic E-state index is 9.78. The van der Waals surface area contributed by atoms with Crippen LogP contribution in [-0.2, 0) is 0 Å². The molecule has 0 amide bonds. The molecule has 0 spiro atoms. The van der Waals surface area contributed by atoms with E-state index in [2.05, 4.69) is 4.98 Å². The van der Waals surface area contributed by atoms with Gasteiger partial charge < -0.3 is 5.11 Å². The van der Waals surface area contributed by atoms with Crippen LogP contribution in [0.15, 0.2) is 23.4 Å². The monoisotopic (exact) mass is 231 g/mol. The van der Waals surface area contributed by atoms with Crippen LogP contribution < -0.4 is 0 Å². The van der Waals surface area contributed by atoms with Gasteiger partial charge in [0.2, 0.25) is 0 Å². The Labute approximate surface area is 93.7 Å². The number of hydrogen-bond acceptors (Lipinski definition) is 3. The Morgan fingerprint density at radius 1 is 1.64 bits per heavy atom. The average molecular weight is 232 g/mol. The minimum absolute atomic E-state index is 0.611. The Morgan fingerprint density at radius 2 is 2.36 bits per heavy atom. The molecule has 0 aliphatic carbocycles. The summed E-state index contributed by atoms with van der Waals surface area (Å²) in [6.07, 6.45) is 2.43. The van der Waals surface area contributed by atoms with Gasteiger partial charge in [0.05, 0.1) is 10.6 Å². The molecule has 0 bridgehead atoms. The molecule has 1 rings (SSSR count). The van der Waals surface area contributed by atoms with Crippen LogP contribution in [0.1, 0.15) is 20.3 Å². The van der Waals surface area contributed by atoms with Gasteiger partial charge in [-0.25, -0.2) is 4.98 Å². The van der Waals surface area contributed by atoms with Crippen LogP contribution in [-0.4, -0.2) is 21.4 Å². The molecule has 1 N–H and O–H groups in total. The summed E-state index contributed by atoms with van der Waals surface area (Å²) in [4.78, 5) is 4.14. The topological polar surface area (TPSA) is 33.1 Å².